The van der Waals surface area contributed by atoms with Gasteiger partial charge in [-0.25, -0.2) is 0 Å². The van der Waals surface area contributed by atoms with Crippen molar-refractivity contribution in [3.63, 3.8) is 0 Å². The second-order valence-electron chi connectivity index (χ2n) is 8.84. The van der Waals surface area contributed by atoms with Gasteiger partial charge in [-0.05, 0) is 37.7 Å². The highest BCUT2D eigenvalue weighted by molar-refractivity contribution is 6.22. The lowest BCUT2D eigenvalue weighted by atomic mass is 9.74. The molecule has 126 valence electrons. The van der Waals surface area contributed by atoms with E-state index in [1.165, 1.54) is 6.08 Å². The van der Waals surface area contributed by atoms with Crippen molar-refractivity contribution in [1.29, 1.82) is 0 Å². The molecule has 0 aromatic carbocycles. The SMILES string of the molecule is CC(C)(C)C1=CC(=O)C(C(C)(C)C)=C(O)C1=O.CC(C)(C)N. The van der Waals surface area contributed by atoms with Gasteiger partial charge in [0, 0.05) is 11.1 Å². The van der Waals surface area contributed by atoms with Crippen molar-refractivity contribution in [3.05, 3.63) is 23.0 Å². The molecule has 0 aliphatic heterocycles. The zero-order valence-corrected chi connectivity index (χ0v) is 15.4. The van der Waals surface area contributed by atoms with E-state index in [-0.39, 0.29) is 16.9 Å². The van der Waals surface area contributed by atoms with Crippen molar-refractivity contribution in [3.8, 4) is 0 Å². The predicted octanol–water partition coefficient (Wildman–Crippen LogP) is 3.71. The molecule has 0 atom stereocenters. The average molecular weight is 309 g/mol. The van der Waals surface area contributed by atoms with Crippen molar-refractivity contribution in [2.24, 2.45) is 16.6 Å². The summed E-state index contributed by atoms with van der Waals surface area (Å²) in [6.07, 6.45) is 1.36. The first kappa shape index (κ1) is 20.6. The quantitative estimate of drug-likeness (QED) is 0.668. The number of ketones is 2. The number of hydrogen-bond acceptors (Lipinski definition) is 4. The molecule has 1 rings (SSSR count). The van der Waals surface area contributed by atoms with Crippen LogP contribution in [0.4, 0.5) is 0 Å². The second kappa shape index (κ2) is 6.37. The molecule has 0 aromatic rings. The van der Waals surface area contributed by atoms with E-state index in [9.17, 15) is 14.7 Å². The minimum atomic E-state index is -0.531. The van der Waals surface area contributed by atoms with Gasteiger partial charge >= 0.3 is 0 Å². The van der Waals surface area contributed by atoms with Gasteiger partial charge in [-0.1, -0.05) is 41.5 Å². The molecule has 22 heavy (non-hydrogen) atoms. The summed E-state index contributed by atoms with van der Waals surface area (Å²) in [5, 5.41) is 9.95. The minimum Gasteiger partial charge on any atom is -0.504 e. The number of carbonyl (C=O) groups is 2. The van der Waals surface area contributed by atoms with E-state index in [0.717, 1.165) is 0 Å². The van der Waals surface area contributed by atoms with Crippen molar-refractivity contribution in [2.45, 2.75) is 67.9 Å². The topological polar surface area (TPSA) is 80.4 Å². The van der Waals surface area contributed by atoms with Crippen molar-refractivity contribution < 1.29 is 14.7 Å². The number of Topliss-reactive ketones (excluding diaryl/α,β-unsaturated/α-hetero) is 1. The monoisotopic (exact) mass is 309 g/mol. The molecule has 0 fully saturated rings. The number of aliphatic hydroxyl groups excluding tert-OH is 1. The van der Waals surface area contributed by atoms with Crippen LogP contribution < -0.4 is 5.73 Å². The minimum absolute atomic E-state index is 0. The maximum atomic E-state index is 12.0. The van der Waals surface area contributed by atoms with Crippen LogP contribution in [0.2, 0.25) is 0 Å². The fourth-order valence-electron chi connectivity index (χ4n) is 1.91. The Bertz CT molecular complexity index is 512. The molecule has 1 aliphatic carbocycles. The Hall–Kier alpha value is -1.42. The molecule has 4 heteroatoms. The first-order valence-corrected chi connectivity index (χ1v) is 7.50. The highest BCUT2D eigenvalue weighted by Crippen LogP contribution is 2.37. The molecule has 0 amide bonds. The Morgan fingerprint density at radius 1 is 0.864 bits per heavy atom. The smallest absolute Gasteiger partial charge is 0.224 e. The summed E-state index contributed by atoms with van der Waals surface area (Å²) in [4.78, 5) is 24.1. The number of nitrogens with two attached hydrogens (primary N) is 1. The molecular weight excluding hydrogens is 278 g/mol. The zero-order valence-electron chi connectivity index (χ0n) is 15.4. The first-order chi connectivity index (χ1) is 9.46. The summed E-state index contributed by atoms with van der Waals surface area (Å²) in [7, 11) is 0. The summed E-state index contributed by atoms with van der Waals surface area (Å²) in [6, 6.07) is 0. The van der Waals surface area contributed by atoms with Gasteiger partial charge in [0.15, 0.2) is 11.5 Å². The number of allylic oxidation sites excluding steroid dienone is 3. The van der Waals surface area contributed by atoms with E-state index < -0.39 is 22.4 Å². The molecule has 0 heterocycles. The summed E-state index contributed by atoms with van der Waals surface area (Å²) < 4.78 is 0. The molecule has 0 unspecified atom stereocenters. The van der Waals surface area contributed by atoms with Gasteiger partial charge in [-0.3, -0.25) is 9.59 Å². The van der Waals surface area contributed by atoms with E-state index in [1.807, 2.05) is 41.5 Å². The van der Waals surface area contributed by atoms with Crippen LogP contribution in [0.5, 0.6) is 0 Å². The molecular formula is C18H31NO3. The third-order valence-electron chi connectivity index (χ3n) is 2.78. The van der Waals surface area contributed by atoms with E-state index >= 15 is 0 Å². The molecule has 0 spiro atoms. The second-order valence-corrected chi connectivity index (χ2v) is 8.84. The molecule has 1 aliphatic rings. The lowest BCUT2D eigenvalue weighted by Crippen LogP contribution is -2.31. The summed E-state index contributed by atoms with van der Waals surface area (Å²) >= 11 is 0. The molecule has 0 radical (unpaired) electrons. The summed E-state index contributed by atoms with van der Waals surface area (Å²) in [6.45, 7) is 16.9. The highest BCUT2D eigenvalue weighted by atomic mass is 16.3. The fraction of sp³-hybridized carbons (Fsp3) is 0.667. The van der Waals surface area contributed by atoms with Crippen LogP contribution in [0.25, 0.3) is 0 Å². The van der Waals surface area contributed by atoms with E-state index in [1.54, 1.807) is 20.8 Å². The van der Waals surface area contributed by atoms with Crippen LogP contribution in [0.3, 0.4) is 0 Å². The third kappa shape index (κ3) is 6.14. The van der Waals surface area contributed by atoms with E-state index in [0.29, 0.717) is 5.57 Å². The zero-order chi connectivity index (χ0) is 18.1. The van der Waals surface area contributed by atoms with E-state index in [2.05, 4.69) is 0 Å². The summed E-state index contributed by atoms with van der Waals surface area (Å²) in [5.41, 5.74) is 4.96. The summed E-state index contributed by atoms with van der Waals surface area (Å²) in [5.74, 6) is -1.09. The van der Waals surface area contributed by atoms with Gasteiger partial charge in [0.05, 0.1) is 5.57 Å². The average Bonchev–Trinajstić information content (AvgIpc) is 2.17. The maximum Gasteiger partial charge on any atom is 0.224 e. The first-order valence-electron chi connectivity index (χ1n) is 7.50. The molecule has 3 N–H and O–H groups in total. The van der Waals surface area contributed by atoms with Gasteiger partial charge in [0.2, 0.25) is 5.78 Å². The Kier molecular flexibility index (Phi) is 5.96. The predicted molar refractivity (Wildman–Crippen MR) is 90.6 cm³/mol. The van der Waals surface area contributed by atoms with Crippen LogP contribution in [0.1, 0.15) is 62.3 Å². The fourth-order valence-corrected chi connectivity index (χ4v) is 1.91. The number of hydrogen-bond donors (Lipinski definition) is 2. The molecule has 4 nitrogen and oxygen atoms in total. The standard InChI is InChI=1S/C14H20O3.C4H11N/c1-13(2,3)8-7-9(15)10(14(4,5)6)12(17)11(8)16;1-4(2,3)5/h7,17H,1-6H3;5H2,1-3H3. The van der Waals surface area contributed by atoms with E-state index in [4.69, 9.17) is 5.73 Å². The van der Waals surface area contributed by atoms with Crippen molar-refractivity contribution in [1.82, 2.24) is 0 Å². The van der Waals surface area contributed by atoms with Crippen molar-refractivity contribution in [2.75, 3.05) is 0 Å². The molecule has 0 bridgehead atoms. The third-order valence-corrected chi connectivity index (χ3v) is 2.78. The van der Waals surface area contributed by atoms with Crippen LogP contribution in [0, 0.1) is 10.8 Å². The van der Waals surface area contributed by atoms with Crippen LogP contribution >= 0.6 is 0 Å². The molecule has 0 saturated heterocycles. The maximum absolute atomic E-state index is 12.0. The lowest BCUT2D eigenvalue weighted by molar-refractivity contribution is -0.119. The molecule has 0 saturated carbocycles. The van der Waals surface area contributed by atoms with Gasteiger partial charge in [0.25, 0.3) is 0 Å². The highest BCUT2D eigenvalue weighted by Gasteiger charge is 2.38. The Morgan fingerprint density at radius 3 is 1.50 bits per heavy atom. The van der Waals surface area contributed by atoms with Crippen LogP contribution in [-0.4, -0.2) is 22.2 Å². The van der Waals surface area contributed by atoms with Gasteiger partial charge < -0.3 is 10.8 Å². The van der Waals surface area contributed by atoms with Gasteiger partial charge in [-0.15, -0.1) is 0 Å². The number of aliphatic hydroxyl groups is 1. The Balaban J connectivity index is 0.000000763. The van der Waals surface area contributed by atoms with Crippen LogP contribution in [-0.2, 0) is 9.59 Å². The molecule has 0 aromatic heterocycles. The number of carbonyl (C=O) groups excluding carboxylic acids is 2. The largest absolute Gasteiger partial charge is 0.504 e. The Morgan fingerprint density at radius 2 is 1.23 bits per heavy atom. The van der Waals surface area contributed by atoms with Gasteiger partial charge in [-0.2, -0.15) is 0 Å². The normalized spacial score (nSPS) is 17.1. The van der Waals surface area contributed by atoms with Gasteiger partial charge in [0.1, 0.15) is 0 Å². The lowest BCUT2D eigenvalue weighted by Gasteiger charge is -2.29. The Labute approximate surface area is 134 Å². The van der Waals surface area contributed by atoms with Crippen LogP contribution in [0.15, 0.2) is 23.0 Å². The van der Waals surface area contributed by atoms with Crippen molar-refractivity contribution >= 4 is 11.6 Å². The number of rotatable bonds is 0.